The van der Waals surface area contributed by atoms with E-state index in [1.54, 1.807) is 41.3 Å². The number of alkyl halides is 2. The molecule has 0 amide bonds. The van der Waals surface area contributed by atoms with Crippen molar-refractivity contribution in [2.75, 3.05) is 18.0 Å². The van der Waals surface area contributed by atoms with Gasteiger partial charge in [0.05, 0.1) is 40.7 Å². The van der Waals surface area contributed by atoms with E-state index in [-0.39, 0.29) is 13.0 Å². The largest absolute Gasteiger partial charge is 0.365 e. The third-order valence-electron chi connectivity index (χ3n) is 6.40. The minimum atomic E-state index is -2.62. The van der Waals surface area contributed by atoms with Crippen LogP contribution in [0, 0.1) is 0 Å². The molecule has 1 heterocycles. The van der Waals surface area contributed by atoms with Crippen molar-refractivity contribution in [1.82, 2.24) is 0 Å². The molecule has 4 aromatic carbocycles. The molecule has 0 saturated carbocycles. The first-order valence-corrected chi connectivity index (χ1v) is 13.2. The third kappa shape index (κ3) is 7.47. The van der Waals surface area contributed by atoms with Crippen LogP contribution < -0.4 is 4.90 Å². The molecular weight excluding hydrogens is 508 g/mol. The number of hydrogen-bond donors (Lipinski definition) is 0. The Balaban J connectivity index is 1.13. The van der Waals surface area contributed by atoms with Crippen LogP contribution >= 0.6 is 0 Å². The summed E-state index contributed by atoms with van der Waals surface area (Å²) in [5.41, 5.74) is 6.30. The van der Waals surface area contributed by atoms with E-state index >= 15 is 0 Å². The van der Waals surface area contributed by atoms with Gasteiger partial charge in [-0.2, -0.15) is 30.7 Å². The van der Waals surface area contributed by atoms with Gasteiger partial charge in [0.15, 0.2) is 0 Å². The van der Waals surface area contributed by atoms with Crippen LogP contribution in [0.15, 0.2) is 128 Å². The molecule has 1 saturated heterocycles. The van der Waals surface area contributed by atoms with Gasteiger partial charge in [-0.3, -0.25) is 0 Å². The van der Waals surface area contributed by atoms with Crippen LogP contribution in [-0.2, 0) is 6.42 Å². The Morgan fingerprint density at radius 3 is 1.25 bits per heavy atom. The van der Waals surface area contributed by atoms with Crippen LogP contribution in [0.25, 0.3) is 0 Å². The van der Waals surface area contributed by atoms with Crippen LogP contribution in [-0.4, -0.2) is 19.0 Å². The molecule has 0 bridgehead atoms. The maximum atomic E-state index is 13.5. The van der Waals surface area contributed by atoms with Crippen LogP contribution in [0.4, 0.5) is 48.6 Å². The number of anilines is 1. The van der Waals surface area contributed by atoms with E-state index in [9.17, 15) is 8.78 Å². The first-order valence-electron chi connectivity index (χ1n) is 13.2. The van der Waals surface area contributed by atoms with E-state index in [1.807, 2.05) is 48.5 Å². The monoisotopic (exact) mass is 537 g/mol. The first kappa shape index (κ1) is 26.9. The molecule has 1 aliphatic heterocycles. The van der Waals surface area contributed by atoms with Gasteiger partial charge in [0.1, 0.15) is 0 Å². The van der Waals surface area contributed by atoms with Crippen LogP contribution in [0.2, 0.25) is 0 Å². The summed E-state index contributed by atoms with van der Waals surface area (Å²) in [5.74, 6) is -2.62. The summed E-state index contributed by atoms with van der Waals surface area (Å²) in [6.45, 7) is 2.27. The minimum Gasteiger partial charge on any atom is -0.365 e. The van der Waals surface area contributed by atoms with Gasteiger partial charge < -0.3 is 4.90 Å². The lowest BCUT2D eigenvalue weighted by atomic mass is 10.1. The summed E-state index contributed by atoms with van der Waals surface area (Å²) >= 11 is 0. The van der Waals surface area contributed by atoms with Gasteiger partial charge in [-0.15, -0.1) is 0 Å². The highest BCUT2D eigenvalue weighted by molar-refractivity contribution is 5.54. The molecular formula is C31H29F2N7. The predicted molar refractivity (Wildman–Crippen MR) is 154 cm³/mol. The van der Waals surface area contributed by atoms with Crippen LogP contribution in [0.3, 0.4) is 0 Å². The van der Waals surface area contributed by atoms with E-state index in [2.05, 4.69) is 49.7 Å². The van der Waals surface area contributed by atoms with Gasteiger partial charge in [0.2, 0.25) is 0 Å². The Bertz CT molecular complexity index is 1480. The van der Waals surface area contributed by atoms with E-state index < -0.39 is 5.92 Å². The molecule has 0 spiro atoms. The molecule has 1 aliphatic rings. The van der Waals surface area contributed by atoms with Crippen molar-refractivity contribution < 1.29 is 8.78 Å². The number of aryl methyl sites for hydroxylation is 1. The standard InChI is InChI=1S/C31H29F2N7/c1-2-3-23-4-6-24(7-5-23)34-35-25-8-10-26(11-9-25)36-37-27-12-14-28(15-13-27)38-39-29-16-18-30(19-17-29)40-21-20-31(32,33)22-40/h4-19H,2-3,20-22H2,1H3. The van der Waals surface area contributed by atoms with Crippen molar-refractivity contribution in [2.45, 2.75) is 32.1 Å². The van der Waals surface area contributed by atoms with Gasteiger partial charge in [0.25, 0.3) is 5.92 Å². The second kappa shape index (κ2) is 12.5. The van der Waals surface area contributed by atoms with E-state index in [4.69, 9.17) is 0 Å². The first-order chi connectivity index (χ1) is 19.5. The molecule has 7 nitrogen and oxygen atoms in total. The smallest absolute Gasteiger partial charge is 0.266 e. The maximum Gasteiger partial charge on any atom is 0.266 e. The molecule has 0 aromatic heterocycles. The van der Waals surface area contributed by atoms with Crippen molar-refractivity contribution in [3.63, 3.8) is 0 Å². The van der Waals surface area contributed by atoms with Crippen molar-refractivity contribution in [1.29, 1.82) is 0 Å². The number of rotatable bonds is 9. The lowest BCUT2D eigenvalue weighted by molar-refractivity contribution is 0.0257. The Hall–Kier alpha value is -4.66. The van der Waals surface area contributed by atoms with Gasteiger partial charge in [-0.05, 0) is 96.9 Å². The van der Waals surface area contributed by atoms with Crippen molar-refractivity contribution in [3.8, 4) is 0 Å². The van der Waals surface area contributed by atoms with Gasteiger partial charge in [0, 0.05) is 18.7 Å². The number of hydrogen-bond acceptors (Lipinski definition) is 7. The number of halogens is 2. The fraction of sp³-hybridized carbons (Fsp3) is 0.226. The molecule has 0 radical (unpaired) electrons. The molecule has 5 rings (SSSR count). The number of azo groups is 3. The maximum absolute atomic E-state index is 13.5. The molecule has 0 N–H and O–H groups in total. The summed E-state index contributed by atoms with van der Waals surface area (Å²) < 4.78 is 26.9. The predicted octanol–water partition coefficient (Wildman–Crippen LogP) is 10.7. The van der Waals surface area contributed by atoms with Crippen LogP contribution in [0.1, 0.15) is 25.3 Å². The quantitative estimate of drug-likeness (QED) is 0.196. The zero-order valence-electron chi connectivity index (χ0n) is 22.2. The summed E-state index contributed by atoms with van der Waals surface area (Å²) in [6, 6.07) is 29.8. The summed E-state index contributed by atoms with van der Waals surface area (Å²) in [6.07, 6.45) is 2.07. The van der Waals surface area contributed by atoms with E-state index in [0.29, 0.717) is 29.3 Å². The Morgan fingerprint density at radius 1 is 0.575 bits per heavy atom. The Morgan fingerprint density at radius 2 is 0.925 bits per heavy atom. The third-order valence-corrected chi connectivity index (χ3v) is 6.40. The zero-order valence-corrected chi connectivity index (χ0v) is 22.2. The van der Waals surface area contributed by atoms with Crippen molar-refractivity contribution in [2.24, 2.45) is 30.7 Å². The lowest BCUT2D eigenvalue weighted by Crippen LogP contribution is -2.24. The summed E-state index contributed by atoms with van der Waals surface area (Å²) in [5, 5.41) is 25.6. The molecule has 9 heteroatoms. The minimum absolute atomic E-state index is 0.113. The molecule has 202 valence electrons. The highest BCUT2D eigenvalue weighted by atomic mass is 19.3. The summed E-state index contributed by atoms with van der Waals surface area (Å²) in [4.78, 5) is 1.68. The second-order valence-corrected chi connectivity index (χ2v) is 9.59. The van der Waals surface area contributed by atoms with Crippen molar-refractivity contribution >= 4 is 39.8 Å². The van der Waals surface area contributed by atoms with E-state index in [1.165, 1.54) is 5.56 Å². The average Bonchev–Trinajstić information content (AvgIpc) is 3.35. The highest BCUT2D eigenvalue weighted by Crippen LogP contribution is 2.32. The second-order valence-electron chi connectivity index (χ2n) is 9.59. The number of benzene rings is 4. The highest BCUT2D eigenvalue weighted by Gasteiger charge is 2.38. The van der Waals surface area contributed by atoms with Crippen molar-refractivity contribution in [3.05, 3.63) is 103 Å². The Labute approximate surface area is 232 Å². The van der Waals surface area contributed by atoms with E-state index in [0.717, 1.165) is 29.9 Å². The number of nitrogens with zero attached hydrogens (tertiary/aromatic N) is 7. The molecule has 4 aromatic rings. The fourth-order valence-corrected chi connectivity index (χ4v) is 4.22. The SMILES string of the molecule is CCCc1ccc(N=Nc2ccc(N=Nc3ccc(N=Nc4ccc(N5CCC(F)(F)C5)cc4)cc3)cc2)cc1. The molecule has 0 aliphatic carbocycles. The Kier molecular flexibility index (Phi) is 8.39. The van der Waals surface area contributed by atoms with Crippen LogP contribution in [0.5, 0.6) is 0 Å². The average molecular weight is 538 g/mol. The molecule has 0 atom stereocenters. The zero-order chi connectivity index (χ0) is 27.8. The fourth-order valence-electron chi connectivity index (χ4n) is 4.22. The van der Waals surface area contributed by atoms with Gasteiger partial charge in [-0.25, -0.2) is 8.78 Å². The molecule has 0 unspecified atom stereocenters. The van der Waals surface area contributed by atoms with Gasteiger partial charge in [-0.1, -0.05) is 25.5 Å². The normalized spacial score (nSPS) is 15.1. The molecule has 40 heavy (non-hydrogen) atoms. The van der Waals surface area contributed by atoms with Gasteiger partial charge >= 0.3 is 0 Å². The summed E-state index contributed by atoms with van der Waals surface area (Å²) in [7, 11) is 0. The topological polar surface area (TPSA) is 77.4 Å². The lowest BCUT2D eigenvalue weighted by Gasteiger charge is -2.17. The molecule has 1 fully saturated rings.